The summed E-state index contributed by atoms with van der Waals surface area (Å²) in [5.74, 6) is 0.000654. The number of nitrogens with one attached hydrogen (secondary N) is 1. The Morgan fingerprint density at radius 3 is 2.44 bits per heavy atom. The van der Waals surface area contributed by atoms with Crippen LogP contribution in [-0.2, 0) is 11.3 Å². The number of benzene rings is 2. The van der Waals surface area contributed by atoms with Gasteiger partial charge >= 0.3 is 5.69 Å². The van der Waals surface area contributed by atoms with E-state index in [1.165, 1.54) is 17.4 Å². The molecule has 0 spiro atoms. The molecule has 2 aromatic carbocycles. The molecule has 0 aliphatic heterocycles. The molecule has 2 heterocycles. The standard InChI is InChI=1S/C26H32N4O3.ClH/c1-4-5-6-7-8-12-23(31)27-18-13-14-22-21(17-18)19-10-9-11-20-24(19)30(22)26(33)29(25(20)32)16-15-28(2)3;/h9-11,13-14,17H,4-8,12,15-16H2,1-3H3,(H,27,31);1H. The zero-order valence-electron chi connectivity index (χ0n) is 20.1. The third-order valence-electron chi connectivity index (χ3n) is 6.25. The predicted octanol–water partition coefficient (Wildman–Crippen LogP) is 4.49. The number of carbonyl (C=O) groups excluding carboxylic acids is 1. The van der Waals surface area contributed by atoms with Crippen LogP contribution in [0.4, 0.5) is 5.69 Å². The highest BCUT2D eigenvalue weighted by atomic mass is 35.5. The van der Waals surface area contributed by atoms with Gasteiger partial charge in [0, 0.05) is 36.0 Å². The zero-order valence-corrected chi connectivity index (χ0v) is 20.9. The number of hydrogen-bond donors (Lipinski definition) is 1. The van der Waals surface area contributed by atoms with Gasteiger partial charge in [-0.25, -0.2) is 4.79 Å². The molecule has 0 atom stereocenters. The normalized spacial score (nSPS) is 11.5. The number of para-hydroxylation sites is 1. The largest absolute Gasteiger partial charge is 0.336 e. The molecular weight excluding hydrogens is 452 g/mol. The second-order valence-corrected chi connectivity index (χ2v) is 9.02. The molecule has 1 N–H and O–H groups in total. The SMILES string of the molecule is CCCCCCCC(=O)Nc1ccc2c(c1)c1cccc3c(=O)n(CCN(C)C)c(=O)n2c31.Cl. The molecule has 1 amide bonds. The molecule has 182 valence electrons. The maximum Gasteiger partial charge on any atom is 0.336 e. The van der Waals surface area contributed by atoms with Gasteiger partial charge in [-0.3, -0.25) is 18.6 Å². The third kappa shape index (κ3) is 4.95. The van der Waals surface area contributed by atoms with Gasteiger partial charge in [0.1, 0.15) is 0 Å². The average Bonchev–Trinajstić information content (AvgIpc) is 3.12. The van der Waals surface area contributed by atoms with Gasteiger partial charge in [-0.1, -0.05) is 44.7 Å². The summed E-state index contributed by atoms with van der Waals surface area (Å²) in [6, 6.07) is 11.1. The van der Waals surface area contributed by atoms with Crippen molar-refractivity contribution in [2.45, 2.75) is 52.0 Å². The van der Waals surface area contributed by atoms with Crippen molar-refractivity contribution in [3.05, 3.63) is 57.2 Å². The van der Waals surface area contributed by atoms with Crippen molar-refractivity contribution in [2.24, 2.45) is 0 Å². The molecule has 34 heavy (non-hydrogen) atoms. The van der Waals surface area contributed by atoms with Crippen LogP contribution in [0.5, 0.6) is 0 Å². The summed E-state index contributed by atoms with van der Waals surface area (Å²) in [5.41, 5.74) is 1.49. The molecule has 8 heteroatoms. The van der Waals surface area contributed by atoms with Crippen LogP contribution in [0.2, 0.25) is 0 Å². The lowest BCUT2D eigenvalue weighted by Gasteiger charge is -2.12. The number of unbranched alkanes of at least 4 members (excludes halogenated alkanes) is 4. The first-order valence-corrected chi connectivity index (χ1v) is 11.8. The van der Waals surface area contributed by atoms with Crippen LogP contribution in [0.3, 0.4) is 0 Å². The van der Waals surface area contributed by atoms with E-state index in [9.17, 15) is 14.4 Å². The van der Waals surface area contributed by atoms with E-state index in [2.05, 4.69) is 12.2 Å². The summed E-state index contributed by atoms with van der Waals surface area (Å²) in [6.45, 7) is 3.10. The lowest BCUT2D eigenvalue weighted by Crippen LogP contribution is -2.39. The van der Waals surface area contributed by atoms with Crippen molar-refractivity contribution in [1.82, 2.24) is 13.9 Å². The highest BCUT2D eigenvalue weighted by molar-refractivity contribution is 6.14. The Balaban J connectivity index is 0.00000324. The molecule has 0 saturated heterocycles. The van der Waals surface area contributed by atoms with Gasteiger partial charge in [0.05, 0.1) is 16.4 Å². The van der Waals surface area contributed by atoms with Crippen molar-refractivity contribution >= 4 is 51.2 Å². The lowest BCUT2D eigenvalue weighted by atomic mass is 10.1. The topological polar surface area (TPSA) is 75.8 Å². The number of amides is 1. The molecule has 0 fully saturated rings. The number of nitrogens with zero attached hydrogens (tertiary/aromatic N) is 3. The van der Waals surface area contributed by atoms with Gasteiger partial charge in [0.2, 0.25) is 5.91 Å². The Hall–Kier alpha value is -2.90. The minimum absolute atomic E-state index is 0. The second kappa shape index (κ2) is 11.0. The quantitative estimate of drug-likeness (QED) is 0.336. The fourth-order valence-electron chi connectivity index (χ4n) is 4.48. The highest BCUT2D eigenvalue weighted by Gasteiger charge is 2.19. The van der Waals surface area contributed by atoms with Crippen LogP contribution in [0.15, 0.2) is 46.0 Å². The van der Waals surface area contributed by atoms with E-state index in [-0.39, 0.29) is 29.6 Å². The maximum atomic E-state index is 13.3. The monoisotopic (exact) mass is 484 g/mol. The lowest BCUT2D eigenvalue weighted by molar-refractivity contribution is -0.116. The second-order valence-electron chi connectivity index (χ2n) is 9.02. The molecule has 0 radical (unpaired) electrons. The molecule has 7 nitrogen and oxygen atoms in total. The number of aromatic nitrogens is 2. The van der Waals surface area contributed by atoms with Crippen molar-refractivity contribution < 1.29 is 4.79 Å². The van der Waals surface area contributed by atoms with E-state index in [4.69, 9.17) is 0 Å². The molecule has 0 saturated carbocycles. The third-order valence-corrected chi connectivity index (χ3v) is 6.25. The van der Waals surface area contributed by atoms with Gasteiger partial charge in [-0.2, -0.15) is 0 Å². The first kappa shape index (κ1) is 25.7. The van der Waals surface area contributed by atoms with Crippen molar-refractivity contribution in [3.63, 3.8) is 0 Å². The zero-order chi connectivity index (χ0) is 23.5. The van der Waals surface area contributed by atoms with E-state index >= 15 is 0 Å². The minimum Gasteiger partial charge on any atom is -0.326 e. The van der Waals surface area contributed by atoms with Crippen molar-refractivity contribution in [3.8, 4) is 0 Å². The fraction of sp³-hybridized carbons (Fsp3) is 0.423. The number of fused-ring (bicyclic) bond motifs is 3. The van der Waals surface area contributed by atoms with Crippen molar-refractivity contribution in [2.75, 3.05) is 26.0 Å². The molecule has 4 aromatic rings. The Morgan fingerprint density at radius 1 is 0.971 bits per heavy atom. The predicted molar refractivity (Wildman–Crippen MR) is 142 cm³/mol. The first-order chi connectivity index (χ1) is 15.9. The molecular formula is C26H33ClN4O3. The van der Waals surface area contributed by atoms with Crippen LogP contribution in [0, 0.1) is 0 Å². The Bertz CT molecular complexity index is 1410. The fourth-order valence-corrected chi connectivity index (χ4v) is 4.48. The van der Waals surface area contributed by atoms with Gasteiger partial charge in [0.15, 0.2) is 0 Å². The van der Waals surface area contributed by atoms with Gasteiger partial charge < -0.3 is 10.2 Å². The van der Waals surface area contributed by atoms with E-state index < -0.39 is 0 Å². The summed E-state index contributed by atoms with van der Waals surface area (Å²) in [6.07, 6.45) is 6.01. The molecule has 0 bridgehead atoms. The van der Waals surface area contributed by atoms with E-state index in [0.29, 0.717) is 36.1 Å². The van der Waals surface area contributed by atoms with E-state index in [1.54, 1.807) is 10.5 Å². The number of halogens is 1. The van der Waals surface area contributed by atoms with E-state index in [1.807, 2.05) is 49.3 Å². The minimum atomic E-state index is -0.329. The molecule has 0 unspecified atom stereocenters. The van der Waals surface area contributed by atoms with Crippen LogP contribution in [0.25, 0.3) is 27.2 Å². The number of rotatable bonds is 10. The van der Waals surface area contributed by atoms with E-state index in [0.717, 1.165) is 35.6 Å². The van der Waals surface area contributed by atoms with Gasteiger partial charge in [0.25, 0.3) is 5.56 Å². The summed E-state index contributed by atoms with van der Waals surface area (Å²) in [7, 11) is 3.83. The number of carbonyl (C=O) groups is 1. The number of hydrogen-bond acceptors (Lipinski definition) is 4. The molecule has 0 aliphatic carbocycles. The highest BCUT2D eigenvalue weighted by Crippen LogP contribution is 2.31. The Labute approximate surface area is 205 Å². The molecule has 2 aromatic heterocycles. The number of likely N-dealkylation sites (N-methyl/N-ethyl adjacent to an activating group) is 1. The Kier molecular flexibility index (Phi) is 8.33. The molecule has 0 aliphatic rings. The van der Waals surface area contributed by atoms with Crippen LogP contribution < -0.4 is 16.6 Å². The smallest absolute Gasteiger partial charge is 0.326 e. The average molecular weight is 485 g/mol. The van der Waals surface area contributed by atoms with Gasteiger partial charge in [-0.15, -0.1) is 12.4 Å². The first-order valence-electron chi connectivity index (χ1n) is 11.8. The van der Waals surface area contributed by atoms with Crippen LogP contribution in [0.1, 0.15) is 45.4 Å². The summed E-state index contributed by atoms with van der Waals surface area (Å²) in [4.78, 5) is 40.8. The van der Waals surface area contributed by atoms with Gasteiger partial charge in [-0.05, 0) is 44.8 Å². The summed E-state index contributed by atoms with van der Waals surface area (Å²) < 4.78 is 2.95. The van der Waals surface area contributed by atoms with Crippen LogP contribution in [-0.4, -0.2) is 40.4 Å². The summed E-state index contributed by atoms with van der Waals surface area (Å²) >= 11 is 0. The summed E-state index contributed by atoms with van der Waals surface area (Å²) in [5, 5.41) is 5.21. The molecule has 4 rings (SSSR count). The van der Waals surface area contributed by atoms with Crippen LogP contribution >= 0.6 is 12.4 Å². The van der Waals surface area contributed by atoms with Crippen molar-refractivity contribution in [1.29, 1.82) is 0 Å². The maximum absolute atomic E-state index is 13.3. The number of anilines is 1. The Morgan fingerprint density at radius 2 is 1.71 bits per heavy atom.